The van der Waals surface area contributed by atoms with Crippen molar-refractivity contribution in [3.8, 4) is 11.4 Å². The zero-order chi connectivity index (χ0) is 15.4. The fourth-order valence-corrected chi connectivity index (χ4v) is 2.02. The molecule has 0 bridgehead atoms. The van der Waals surface area contributed by atoms with Crippen LogP contribution in [0.2, 0.25) is 0 Å². The molecule has 21 heavy (non-hydrogen) atoms. The van der Waals surface area contributed by atoms with Crippen molar-refractivity contribution in [2.45, 2.75) is 33.7 Å². The molecule has 0 fully saturated rings. The highest BCUT2D eigenvalue weighted by Gasteiger charge is 2.25. The van der Waals surface area contributed by atoms with Crippen molar-refractivity contribution >= 4 is 11.6 Å². The molecule has 9 heteroatoms. The van der Waals surface area contributed by atoms with Crippen LogP contribution in [0.3, 0.4) is 0 Å². The molecule has 2 aromatic heterocycles. The van der Waals surface area contributed by atoms with Gasteiger partial charge in [-0.25, -0.2) is 14.6 Å². The van der Waals surface area contributed by atoms with Gasteiger partial charge in [0.1, 0.15) is 11.4 Å². The average Bonchev–Trinajstić information content (AvgIpc) is 2.86. The lowest BCUT2D eigenvalue weighted by atomic mass is 10.2. The maximum absolute atomic E-state index is 11.3. The highest BCUT2D eigenvalue weighted by molar-refractivity contribution is 5.68. The largest absolute Gasteiger partial charge is 0.354 e. The summed E-state index contributed by atoms with van der Waals surface area (Å²) in [7, 11) is 0. The first kappa shape index (κ1) is 14.8. The highest BCUT2D eigenvalue weighted by atomic mass is 16.6. The van der Waals surface area contributed by atoms with E-state index in [0.717, 1.165) is 6.42 Å². The summed E-state index contributed by atoms with van der Waals surface area (Å²) in [6.07, 6.45) is 2.33. The third-order valence-electron chi connectivity index (χ3n) is 2.87. The Kier molecular flexibility index (Phi) is 4.41. The summed E-state index contributed by atoms with van der Waals surface area (Å²) in [5.41, 5.74) is 0.955. The fraction of sp³-hybridized carbons (Fsp3) is 0.500. The van der Waals surface area contributed by atoms with Crippen molar-refractivity contribution in [2.24, 2.45) is 0 Å². The lowest BCUT2D eigenvalue weighted by Crippen LogP contribution is -2.10. The first-order valence-electron chi connectivity index (χ1n) is 6.74. The molecule has 9 nitrogen and oxygen atoms in total. The number of hydrogen-bond acceptors (Lipinski definition) is 7. The third-order valence-corrected chi connectivity index (χ3v) is 2.87. The van der Waals surface area contributed by atoms with Crippen LogP contribution in [-0.2, 0) is 6.54 Å². The highest BCUT2D eigenvalue weighted by Crippen LogP contribution is 2.30. The van der Waals surface area contributed by atoms with Gasteiger partial charge in [0.2, 0.25) is 5.95 Å². The van der Waals surface area contributed by atoms with Crippen LogP contribution >= 0.6 is 0 Å². The van der Waals surface area contributed by atoms with Crippen molar-refractivity contribution in [3.05, 3.63) is 22.0 Å². The fourth-order valence-electron chi connectivity index (χ4n) is 2.02. The normalized spacial score (nSPS) is 10.6. The number of aromatic nitrogens is 5. The Hall–Kier alpha value is -2.58. The van der Waals surface area contributed by atoms with E-state index >= 15 is 0 Å². The van der Waals surface area contributed by atoms with Crippen LogP contribution in [0.4, 0.5) is 11.6 Å². The first-order chi connectivity index (χ1) is 10.1. The molecule has 2 rings (SSSR count). The molecule has 0 aromatic carbocycles. The topological polar surface area (TPSA) is 112 Å². The Morgan fingerprint density at radius 2 is 2.14 bits per heavy atom. The van der Waals surface area contributed by atoms with Crippen LogP contribution in [0.25, 0.3) is 11.4 Å². The summed E-state index contributed by atoms with van der Waals surface area (Å²) in [5, 5.41) is 22.1. The minimum absolute atomic E-state index is 0.115. The van der Waals surface area contributed by atoms with Gasteiger partial charge in [-0.1, -0.05) is 12.1 Å². The average molecular weight is 291 g/mol. The molecule has 0 saturated carbocycles. The Morgan fingerprint density at radius 1 is 1.38 bits per heavy atom. The second kappa shape index (κ2) is 6.25. The minimum Gasteiger partial charge on any atom is -0.354 e. The maximum atomic E-state index is 11.3. The summed E-state index contributed by atoms with van der Waals surface area (Å²) in [6, 6.07) is 0. The lowest BCUT2D eigenvalue weighted by molar-refractivity contribution is -0.385. The van der Waals surface area contributed by atoms with E-state index in [1.165, 1.54) is 6.20 Å². The summed E-state index contributed by atoms with van der Waals surface area (Å²) >= 11 is 0. The summed E-state index contributed by atoms with van der Waals surface area (Å²) in [4.78, 5) is 19.2. The summed E-state index contributed by atoms with van der Waals surface area (Å²) in [5.74, 6) is 0.361. The smallest absolute Gasteiger partial charge is 0.318 e. The molecular formula is C12H17N7O2. The van der Waals surface area contributed by atoms with Crippen LogP contribution in [-0.4, -0.2) is 36.4 Å². The van der Waals surface area contributed by atoms with Gasteiger partial charge in [-0.15, -0.1) is 5.10 Å². The number of anilines is 1. The molecule has 0 aliphatic carbocycles. The Balaban J connectivity index is 2.63. The number of hydrogen-bond donors (Lipinski definition) is 1. The van der Waals surface area contributed by atoms with Crippen LogP contribution in [0, 0.1) is 17.0 Å². The molecule has 0 aliphatic rings. The van der Waals surface area contributed by atoms with Gasteiger partial charge >= 0.3 is 5.69 Å². The van der Waals surface area contributed by atoms with E-state index in [0.29, 0.717) is 30.4 Å². The molecule has 0 unspecified atom stereocenters. The van der Waals surface area contributed by atoms with Crippen molar-refractivity contribution in [3.63, 3.8) is 0 Å². The Bertz CT molecular complexity index is 653. The molecule has 0 aliphatic heterocycles. The molecule has 0 amide bonds. The zero-order valence-electron chi connectivity index (χ0n) is 12.2. The lowest BCUT2D eigenvalue weighted by Gasteiger charge is -2.09. The minimum atomic E-state index is -0.469. The molecule has 0 atom stereocenters. The molecule has 0 spiro atoms. The van der Waals surface area contributed by atoms with Gasteiger partial charge < -0.3 is 5.32 Å². The Labute approximate surface area is 121 Å². The molecule has 2 aromatic rings. The predicted octanol–water partition coefficient (Wildman–Crippen LogP) is 1.79. The number of rotatable bonds is 6. The van der Waals surface area contributed by atoms with Crippen LogP contribution < -0.4 is 5.32 Å². The van der Waals surface area contributed by atoms with E-state index in [-0.39, 0.29) is 11.4 Å². The second-order valence-electron chi connectivity index (χ2n) is 4.46. The summed E-state index contributed by atoms with van der Waals surface area (Å²) in [6.45, 7) is 6.74. The molecular weight excluding hydrogens is 274 g/mol. The zero-order valence-corrected chi connectivity index (χ0v) is 12.2. The second-order valence-corrected chi connectivity index (χ2v) is 4.46. The standard InChI is InChI=1S/C12H17N7O2/c1-4-6-18-9(7-14-17-18)10-11(19(20)21)8(3)15-12(16-10)13-5-2/h7H,4-6H2,1-3H3,(H,13,15,16). The Morgan fingerprint density at radius 3 is 2.76 bits per heavy atom. The molecule has 0 saturated heterocycles. The van der Waals surface area contributed by atoms with Gasteiger partial charge in [0.15, 0.2) is 5.69 Å². The predicted molar refractivity (Wildman–Crippen MR) is 76.9 cm³/mol. The van der Waals surface area contributed by atoms with E-state index in [1.54, 1.807) is 11.6 Å². The van der Waals surface area contributed by atoms with E-state index in [4.69, 9.17) is 0 Å². The number of nitro groups is 1. The number of aryl methyl sites for hydroxylation is 2. The molecule has 1 N–H and O–H groups in total. The van der Waals surface area contributed by atoms with Gasteiger partial charge in [0.05, 0.1) is 11.1 Å². The third kappa shape index (κ3) is 2.96. The molecule has 2 heterocycles. The van der Waals surface area contributed by atoms with Crippen LogP contribution in [0.5, 0.6) is 0 Å². The SMILES string of the molecule is CCCn1nncc1-c1nc(NCC)nc(C)c1[N+](=O)[O-]. The van der Waals surface area contributed by atoms with Crippen LogP contribution in [0.1, 0.15) is 26.0 Å². The quantitative estimate of drug-likeness (QED) is 0.637. The van der Waals surface area contributed by atoms with Crippen molar-refractivity contribution in [2.75, 3.05) is 11.9 Å². The van der Waals surface area contributed by atoms with Crippen LogP contribution in [0.15, 0.2) is 6.20 Å². The first-order valence-corrected chi connectivity index (χ1v) is 6.74. The van der Waals surface area contributed by atoms with Crippen molar-refractivity contribution in [1.29, 1.82) is 0 Å². The van der Waals surface area contributed by atoms with E-state index < -0.39 is 4.92 Å². The van der Waals surface area contributed by atoms with Gasteiger partial charge in [0, 0.05) is 13.1 Å². The summed E-state index contributed by atoms with van der Waals surface area (Å²) < 4.78 is 1.62. The maximum Gasteiger partial charge on any atom is 0.318 e. The monoisotopic (exact) mass is 291 g/mol. The molecule has 112 valence electrons. The molecule has 0 radical (unpaired) electrons. The van der Waals surface area contributed by atoms with E-state index in [1.807, 2.05) is 13.8 Å². The van der Waals surface area contributed by atoms with E-state index in [9.17, 15) is 10.1 Å². The number of nitrogens with one attached hydrogen (secondary N) is 1. The van der Waals surface area contributed by atoms with Crippen molar-refractivity contribution in [1.82, 2.24) is 25.0 Å². The van der Waals surface area contributed by atoms with Crippen molar-refractivity contribution < 1.29 is 4.92 Å². The van der Waals surface area contributed by atoms with Gasteiger partial charge in [0.25, 0.3) is 0 Å². The van der Waals surface area contributed by atoms with Gasteiger partial charge in [-0.05, 0) is 20.3 Å². The number of nitrogens with zero attached hydrogens (tertiary/aromatic N) is 6. The van der Waals surface area contributed by atoms with Gasteiger partial charge in [-0.2, -0.15) is 0 Å². The van der Waals surface area contributed by atoms with Gasteiger partial charge in [-0.3, -0.25) is 10.1 Å². The van der Waals surface area contributed by atoms with E-state index in [2.05, 4.69) is 25.6 Å².